The summed E-state index contributed by atoms with van der Waals surface area (Å²) in [6.07, 6.45) is 0.956. The molecule has 4 heteroatoms. The first kappa shape index (κ1) is 14.2. The topological polar surface area (TPSA) is 40.5 Å². The number of halogens is 1. The van der Waals surface area contributed by atoms with Crippen LogP contribution in [0, 0.1) is 5.92 Å². The van der Waals surface area contributed by atoms with Crippen molar-refractivity contribution in [3.8, 4) is 5.75 Å². The van der Waals surface area contributed by atoms with Crippen molar-refractivity contribution < 1.29 is 9.90 Å². The summed E-state index contributed by atoms with van der Waals surface area (Å²) in [7, 11) is 0. The van der Waals surface area contributed by atoms with E-state index in [4.69, 9.17) is 11.6 Å². The largest absolute Gasteiger partial charge is 0.506 e. The Hall–Kier alpha value is -1.74. The number of fused-ring (bicyclic) bond motifs is 1. The third-order valence-electron chi connectivity index (χ3n) is 4.43. The Morgan fingerprint density at radius 2 is 2.10 bits per heavy atom. The van der Waals surface area contributed by atoms with Crippen molar-refractivity contribution in [3.63, 3.8) is 0 Å². The summed E-state index contributed by atoms with van der Waals surface area (Å²) in [5.74, 6) is 0.759. The number of phenolic OH excluding ortho intramolecular Hbond substituents is 1. The van der Waals surface area contributed by atoms with E-state index in [9.17, 15) is 9.90 Å². The molecule has 0 bridgehead atoms. The third kappa shape index (κ3) is 2.36. The molecule has 2 atom stereocenters. The number of phenols is 1. The Kier molecular flexibility index (Phi) is 3.77. The van der Waals surface area contributed by atoms with Crippen molar-refractivity contribution in [2.45, 2.75) is 19.4 Å². The fraction of sp³-hybridized carbons (Fsp3) is 0.353. The Morgan fingerprint density at radius 1 is 1.33 bits per heavy atom. The first-order chi connectivity index (χ1) is 10.1. The molecule has 2 unspecified atom stereocenters. The molecular formula is C17H18ClNO2. The quantitative estimate of drug-likeness (QED) is 0.861. The zero-order valence-corrected chi connectivity index (χ0v) is 12.7. The molecule has 21 heavy (non-hydrogen) atoms. The Balaban J connectivity index is 2.00. The van der Waals surface area contributed by atoms with E-state index in [0.717, 1.165) is 11.8 Å². The number of benzene rings is 2. The van der Waals surface area contributed by atoms with Crippen LogP contribution in [0.15, 0.2) is 36.4 Å². The van der Waals surface area contributed by atoms with Crippen LogP contribution >= 0.6 is 11.6 Å². The van der Waals surface area contributed by atoms with Crippen molar-refractivity contribution in [3.05, 3.63) is 42.0 Å². The van der Waals surface area contributed by atoms with Crippen LogP contribution in [0.25, 0.3) is 10.8 Å². The predicted octanol–water partition coefficient (Wildman–Crippen LogP) is 3.63. The zero-order valence-electron chi connectivity index (χ0n) is 11.9. The second-order valence-electron chi connectivity index (χ2n) is 5.67. The SMILES string of the molecule is CC1CCN(C(=O)c2ccc3ccccc3c2O)C1CCl. The summed E-state index contributed by atoms with van der Waals surface area (Å²) in [4.78, 5) is 14.5. The molecule has 2 aromatic rings. The van der Waals surface area contributed by atoms with Gasteiger partial charge in [0.1, 0.15) is 5.75 Å². The lowest BCUT2D eigenvalue weighted by atomic mass is 10.0. The van der Waals surface area contributed by atoms with Gasteiger partial charge in [0.2, 0.25) is 0 Å². The van der Waals surface area contributed by atoms with Crippen LogP contribution in [0.4, 0.5) is 0 Å². The highest BCUT2D eigenvalue weighted by Gasteiger charge is 2.35. The molecule has 110 valence electrons. The predicted molar refractivity (Wildman–Crippen MR) is 84.9 cm³/mol. The summed E-state index contributed by atoms with van der Waals surface area (Å²) in [5, 5.41) is 12.1. The number of likely N-dealkylation sites (tertiary alicyclic amines) is 1. The van der Waals surface area contributed by atoms with Gasteiger partial charge in [-0.25, -0.2) is 0 Å². The van der Waals surface area contributed by atoms with Gasteiger partial charge in [0.25, 0.3) is 5.91 Å². The van der Waals surface area contributed by atoms with E-state index in [1.807, 2.05) is 30.3 Å². The van der Waals surface area contributed by atoms with Crippen LogP contribution in [0.2, 0.25) is 0 Å². The number of alkyl halides is 1. The highest BCUT2D eigenvalue weighted by atomic mass is 35.5. The highest BCUT2D eigenvalue weighted by Crippen LogP contribution is 2.32. The molecule has 0 radical (unpaired) electrons. The minimum absolute atomic E-state index is 0.0463. The van der Waals surface area contributed by atoms with Gasteiger partial charge in [-0.1, -0.05) is 37.3 Å². The molecule has 1 fully saturated rings. The smallest absolute Gasteiger partial charge is 0.257 e. The fourth-order valence-electron chi connectivity index (χ4n) is 3.08. The number of amides is 1. The maximum atomic E-state index is 12.7. The summed E-state index contributed by atoms with van der Waals surface area (Å²) >= 11 is 6.01. The molecular weight excluding hydrogens is 286 g/mol. The third-order valence-corrected chi connectivity index (χ3v) is 4.75. The molecule has 1 aliphatic rings. The molecule has 0 spiro atoms. The molecule has 1 N–H and O–H groups in total. The van der Waals surface area contributed by atoms with Crippen molar-refractivity contribution in [2.24, 2.45) is 5.92 Å². The number of hydrogen-bond acceptors (Lipinski definition) is 2. The zero-order chi connectivity index (χ0) is 15.0. The van der Waals surface area contributed by atoms with Crippen LogP contribution in [-0.2, 0) is 0 Å². The van der Waals surface area contributed by atoms with Gasteiger partial charge in [0.05, 0.1) is 5.56 Å². The van der Waals surface area contributed by atoms with E-state index in [1.54, 1.807) is 11.0 Å². The number of aromatic hydroxyl groups is 1. The summed E-state index contributed by atoms with van der Waals surface area (Å²) in [6.45, 7) is 2.81. The van der Waals surface area contributed by atoms with E-state index in [0.29, 0.717) is 29.3 Å². The molecule has 0 aliphatic carbocycles. The van der Waals surface area contributed by atoms with Gasteiger partial charge in [-0.05, 0) is 23.8 Å². The molecule has 1 heterocycles. The number of rotatable bonds is 2. The fourth-order valence-corrected chi connectivity index (χ4v) is 3.55. The summed E-state index contributed by atoms with van der Waals surface area (Å²) in [6, 6.07) is 11.1. The molecule has 1 amide bonds. The summed E-state index contributed by atoms with van der Waals surface area (Å²) in [5.41, 5.74) is 0.359. The van der Waals surface area contributed by atoms with Gasteiger partial charge >= 0.3 is 0 Å². The minimum atomic E-state index is -0.131. The maximum Gasteiger partial charge on any atom is 0.257 e. The lowest BCUT2D eigenvalue weighted by molar-refractivity contribution is 0.0734. The molecule has 0 saturated carbocycles. The van der Waals surface area contributed by atoms with E-state index >= 15 is 0 Å². The minimum Gasteiger partial charge on any atom is -0.506 e. The lowest BCUT2D eigenvalue weighted by Gasteiger charge is -2.25. The van der Waals surface area contributed by atoms with Crippen LogP contribution in [0.3, 0.4) is 0 Å². The summed E-state index contributed by atoms with van der Waals surface area (Å²) < 4.78 is 0. The van der Waals surface area contributed by atoms with Crippen LogP contribution in [-0.4, -0.2) is 34.4 Å². The Labute approximate surface area is 129 Å². The first-order valence-corrected chi connectivity index (χ1v) is 7.74. The lowest BCUT2D eigenvalue weighted by Crippen LogP contribution is -2.38. The number of nitrogens with zero attached hydrogens (tertiary/aromatic N) is 1. The normalized spacial score (nSPS) is 21.9. The number of hydrogen-bond donors (Lipinski definition) is 1. The second-order valence-corrected chi connectivity index (χ2v) is 5.98. The van der Waals surface area contributed by atoms with Crippen molar-refractivity contribution in [1.82, 2.24) is 4.90 Å². The number of carbonyl (C=O) groups is 1. The van der Waals surface area contributed by atoms with Gasteiger partial charge < -0.3 is 10.0 Å². The van der Waals surface area contributed by atoms with Crippen molar-refractivity contribution in [1.29, 1.82) is 0 Å². The van der Waals surface area contributed by atoms with Crippen molar-refractivity contribution >= 4 is 28.3 Å². The van der Waals surface area contributed by atoms with E-state index < -0.39 is 0 Å². The Morgan fingerprint density at radius 3 is 2.86 bits per heavy atom. The molecule has 1 aliphatic heterocycles. The van der Waals surface area contributed by atoms with E-state index in [2.05, 4.69) is 6.92 Å². The van der Waals surface area contributed by atoms with Crippen LogP contribution in [0.1, 0.15) is 23.7 Å². The average Bonchev–Trinajstić information content (AvgIpc) is 2.88. The molecule has 0 aromatic heterocycles. The van der Waals surface area contributed by atoms with Gasteiger partial charge in [0, 0.05) is 23.9 Å². The van der Waals surface area contributed by atoms with E-state index in [1.165, 1.54) is 0 Å². The monoisotopic (exact) mass is 303 g/mol. The molecule has 3 nitrogen and oxygen atoms in total. The number of carbonyl (C=O) groups excluding carboxylic acids is 1. The maximum absolute atomic E-state index is 12.7. The van der Waals surface area contributed by atoms with Crippen LogP contribution < -0.4 is 0 Å². The van der Waals surface area contributed by atoms with Gasteiger partial charge in [-0.3, -0.25) is 4.79 Å². The van der Waals surface area contributed by atoms with Crippen LogP contribution in [0.5, 0.6) is 5.75 Å². The molecule has 3 rings (SSSR count). The average molecular weight is 304 g/mol. The molecule has 1 saturated heterocycles. The Bertz CT molecular complexity index is 686. The van der Waals surface area contributed by atoms with Gasteiger partial charge in [-0.2, -0.15) is 0 Å². The second kappa shape index (κ2) is 5.57. The van der Waals surface area contributed by atoms with Gasteiger partial charge in [0.15, 0.2) is 0 Å². The first-order valence-electron chi connectivity index (χ1n) is 7.21. The standard InChI is InChI=1S/C17H18ClNO2/c1-11-8-9-19(15(11)10-18)17(21)14-7-6-12-4-2-3-5-13(12)16(14)20/h2-7,11,15,20H,8-10H2,1H3. The van der Waals surface area contributed by atoms with Crippen molar-refractivity contribution in [2.75, 3.05) is 12.4 Å². The highest BCUT2D eigenvalue weighted by molar-refractivity contribution is 6.18. The molecule has 2 aromatic carbocycles. The van der Waals surface area contributed by atoms with E-state index in [-0.39, 0.29) is 17.7 Å². The van der Waals surface area contributed by atoms with Gasteiger partial charge in [-0.15, -0.1) is 11.6 Å².